The highest BCUT2D eigenvalue weighted by Gasteiger charge is 2.48. The van der Waals surface area contributed by atoms with Crippen molar-refractivity contribution in [2.24, 2.45) is 0 Å². The van der Waals surface area contributed by atoms with Crippen LogP contribution in [0.3, 0.4) is 0 Å². The van der Waals surface area contributed by atoms with E-state index in [0.717, 1.165) is 0 Å². The number of ether oxygens (including phenoxy) is 16. The third kappa shape index (κ3) is 43.1. The number of hydrogen-bond acceptors (Lipinski definition) is 34. The summed E-state index contributed by atoms with van der Waals surface area (Å²) in [6, 6.07) is -5.72. The number of carbonyl (C=O) groups is 9. The number of aliphatic hydroxyl groups is 9. The van der Waals surface area contributed by atoms with Crippen molar-refractivity contribution in [2.75, 3.05) is 178 Å². The molecule has 3 rings (SSSR count). The van der Waals surface area contributed by atoms with Crippen LogP contribution in [-0.2, 0) is 119 Å². The summed E-state index contributed by atoms with van der Waals surface area (Å²) in [5.41, 5.74) is -1.71. The van der Waals surface area contributed by atoms with Gasteiger partial charge in [0.2, 0.25) is 47.3 Å². The molecule has 0 radical (unpaired) electrons. The quantitative estimate of drug-likeness (QED) is 0.0252. The standard InChI is InChI=1S/C71H128N8O35/c1-44(83)74-56-62(94)59(91)49(38-80)112-67(56)108-35-32-102-23-20-99-26-29-105-41-52(86)72-17-10-8-12-47(77-54(88)43-107-31-28-101-22-25-104-34-37-110-69-58(76-46(3)85)64(96)61(93)51(40-82)114-69)65(97)78-48(66(98)79-70(4,5)16-19-111-71(6,7)15-14-55(89)90)13-9-11-18-73-53(87)42-106-30-27-100-21-24-103-33-36-109-68-57(75-45(2)84)63(95)60(92)50(39-81)113-68/h47-51,56-64,67-69,80-82,91-96H,8-43H2,1-7H3,(H,72,86)(H,73,87)(H,74,83)(H,75,84)(H,76,85)(H,77,88)(H,78,97)(H,79,98)(H,89,90)/t47-,48-,49+,50+,51+,56+,57+,58+,59-,60?,61-,62+,63+,64?,67+,68+,69+/m0/s1. The summed E-state index contributed by atoms with van der Waals surface area (Å²) in [5.74, 6) is -5.32. The van der Waals surface area contributed by atoms with Gasteiger partial charge >= 0.3 is 5.97 Å². The predicted octanol–water partition coefficient (Wildman–Crippen LogP) is -7.50. The van der Waals surface area contributed by atoms with Crippen molar-refractivity contribution in [2.45, 2.75) is 221 Å². The summed E-state index contributed by atoms with van der Waals surface area (Å²) in [5, 5.41) is 121. The first-order chi connectivity index (χ1) is 54.3. The minimum atomic E-state index is -1.48. The highest BCUT2D eigenvalue weighted by molar-refractivity contribution is 5.92. The zero-order valence-corrected chi connectivity index (χ0v) is 66.4. The van der Waals surface area contributed by atoms with Crippen molar-refractivity contribution in [1.82, 2.24) is 42.5 Å². The van der Waals surface area contributed by atoms with Crippen LogP contribution in [0.25, 0.3) is 0 Å². The van der Waals surface area contributed by atoms with Gasteiger partial charge in [0.25, 0.3) is 0 Å². The van der Waals surface area contributed by atoms with Gasteiger partial charge in [-0.25, -0.2) is 0 Å². The molecule has 2 unspecified atom stereocenters. The Labute approximate surface area is 663 Å². The summed E-state index contributed by atoms with van der Waals surface area (Å²) in [6.07, 6.45) is -14.0. The van der Waals surface area contributed by atoms with Crippen LogP contribution in [0.2, 0.25) is 0 Å². The number of carbonyl (C=O) groups excluding carboxylic acids is 8. The van der Waals surface area contributed by atoms with Gasteiger partial charge in [-0.2, -0.15) is 0 Å². The maximum Gasteiger partial charge on any atom is 0.303 e. The van der Waals surface area contributed by atoms with Crippen LogP contribution in [-0.4, -0.2) is 398 Å². The van der Waals surface area contributed by atoms with Crippen LogP contribution in [0.15, 0.2) is 0 Å². The monoisotopic (exact) mass is 1650 g/mol. The number of hydrogen-bond donors (Lipinski definition) is 18. The molecule has 43 heteroatoms. The lowest BCUT2D eigenvalue weighted by molar-refractivity contribution is -0.272. The molecule has 114 heavy (non-hydrogen) atoms. The Morgan fingerprint density at radius 2 is 0.702 bits per heavy atom. The van der Waals surface area contributed by atoms with E-state index in [1.807, 2.05) is 0 Å². The molecule has 0 aromatic carbocycles. The highest BCUT2D eigenvalue weighted by atomic mass is 16.7. The number of aliphatic carboxylic acids is 1. The number of nitrogens with one attached hydrogen (secondary N) is 8. The highest BCUT2D eigenvalue weighted by Crippen LogP contribution is 2.26. The lowest BCUT2D eigenvalue weighted by Crippen LogP contribution is -2.64. The molecule has 0 spiro atoms. The molecule has 0 bridgehead atoms. The van der Waals surface area contributed by atoms with Crippen molar-refractivity contribution >= 4 is 53.2 Å². The average molecular weight is 1650 g/mol. The van der Waals surface area contributed by atoms with Crippen LogP contribution >= 0.6 is 0 Å². The first kappa shape index (κ1) is 102. The second-order valence-electron chi connectivity index (χ2n) is 28.2. The van der Waals surface area contributed by atoms with Gasteiger partial charge in [0.1, 0.15) is 105 Å². The fraction of sp³-hybridized carbons (Fsp3) is 0.873. The molecule has 662 valence electrons. The fourth-order valence-corrected chi connectivity index (χ4v) is 11.4. The second-order valence-corrected chi connectivity index (χ2v) is 28.2. The second kappa shape index (κ2) is 58.2. The minimum Gasteiger partial charge on any atom is -0.481 e. The molecule has 18 N–H and O–H groups in total. The van der Waals surface area contributed by atoms with E-state index in [2.05, 4.69) is 42.5 Å². The number of aliphatic hydroxyl groups excluding tert-OH is 9. The number of amides is 8. The third-order valence-corrected chi connectivity index (χ3v) is 17.6. The normalized spacial score (nSPS) is 24.4. The van der Waals surface area contributed by atoms with Gasteiger partial charge in [-0.05, 0) is 79.1 Å². The van der Waals surface area contributed by atoms with Gasteiger partial charge in [-0.1, -0.05) is 0 Å². The molecule has 3 heterocycles. The number of unbranched alkanes of at least 4 members (excludes halogenated alkanes) is 2. The van der Waals surface area contributed by atoms with Crippen LogP contribution in [0.1, 0.15) is 106 Å². The smallest absolute Gasteiger partial charge is 0.303 e. The Balaban J connectivity index is 1.54. The summed E-state index contributed by atoms with van der Waals surface area (Å²) >= 11 is 0. The zero-order valence-electron chi connectivity index (χ0n) is 66.4. The predicted molar refractivity (Wildman–Crippen MR) is 393 cm³/mol. The van der Waals surface area contributed by atoms with Crippen molar-refractivity contribution in [1.29, 1.82) is 0 Å². The SMILES string of the molecule is CC(=O)N[C@H]1[C@H](OCCOCCOCCOCC(=O)NCCCC[C@H](NC(=O)COCCOCCOCCO[C@@H]2O[C@H](CO)[C@H](O)C(O)[C@H]2NC(C)=O)C(=O)N[C@@H](CCCCNC(=O)COCCOCCOCCO[C@@H]2O[C@H](CO)C(O)[C@H](O)[C@H]2NC(C)=O)C(=O)NC(C)(C)CCOC(C)(C)CCC(=O)O)O[C@H](CO)[C@H](O)[C@@H]1O. The van der Waals surface area contributed by atoms with E-state index in [4.69, 9.17) is 75.8 Å². The van der Waals surface area contributed by atoms with E-state index in [0.29, 0.717) is 19.3 Å². The van der Waals surface area contributed by atoms with E-state index < -0.39 is 195 Å². The van der Waals surface area contributed by atoms with Crippen LogP contribution in [0.5, 0.6) is 0 Å². The Kier molecular flexibility index (Phi) is 52.3. The van der Waals surface area contributed by atoms with Gasteiger partial charge in [-0.15, -0.1) is 0 Å². The zero-order chi connectivity index (χ0) is 84.4. The lowest BCUT2D eigenvalue weighted by Gasteiger charge is -2.42. The summed E-state index contributed by atoms with van der Waals surface area (Å²) in [7, 11) is 0. The largest absolute Gasteiger partial charge is 0.481 e. The van der Waals surface area contributed by atoms with E-state index >= 15 is 0 Å². The van der Waals surface area contributed by atoms with Gasteiger partial charge in [0, 0.05) is 52.4 Å². The van der Waals surface area contributed by atoms with Crippen molar-refractivity contribution in [3.05, 3.63) is 0 Å². The van der Waals surface area contributed by atoms with E-state index in [-0.39, 0.29) is 190 Å². The van der Waals surface area contributed by atoms with Crippen LogP contribution in [0, 0.1) is 0 Å². The fourth-order valence-electron chi connectivity index (χ4n) is 11.4. The molecule has 3 saturated heterocycles. The van der Waals surface area contributed by atoms with Gasteiger partial charge in [-0.3, -0.25) is 43.2 Å². The summed E-state index contributed by atoms with van der Waals surface area (Å²) < 4.78 is 89.1. The Morgan fingerprint density at radius 1 is 0.386 bits per heavy atom. The molecule has 3 fully saturated rings. The van der Waals surface area contributed by atoms with Crippen LogP contribution < -0.4 is 42.5 Å². The first-order valence-corrected chi connectivity index (χ1v) is 38.4. The van der Waals surface area contributed by atoms with Crippen molar-refractivity contribution in [3.63, 3.8) is 0 Å². The molecule has 3 aliphatic heterocycles. The number of rotatable bonds is 64. The summed E-state index contributed by atoms with van der Waals surface area (Å²) in [4.78, 5) is 114. The molecule has 0 aromatic rings. The van der Waals surface area contributed by atoms with Crippen molar-refractivity contribution < 1.29 is 170 Å². The maximum absolute atomic E-state index is 14.4. The van der Waals surface area contributed by atoms with Crippen LogP contribution in [0.4, 0.5) is 0 Å². The molecule has 3 aliphatic rings. The molecule has 17 atom stereocenters. The topological polar surface area (TPSA) is 600 Å². The molecule has 0 aliphatic carbocycles. The van der Waals surface area contributed by atoms with Crippen molar-refractivity contribution in [3.8, 4) is 0 Å². The van der Waals surface area contributed by atoms with Gasteiger partial charge < -0.3 is 169 Å². The van der Waals surface area contributed by atoms with E-state index in [1.165, 1.54) is 20.8 Å². The van der Waals surface area contributed by atoms with Gasteiger partial charge in [0.05, 0.1) is 144 Å². The molecular formula is C71H128N8O35. The van der Waals surface area contributed by atoms with E-state index in [1.54, 1.807) is 27.7 Å². The van der Waals surface area contributed by atoms with Gasteiger partial charge in [0.15, 0.2) is 18.9 Å². The Bertz CT molecular complexity index is 2740. The maximum atomic E-state index is 14.4. The van der Waals surface area contributed by atoms with E-state index in [9.17, 15) is 94.2 Å². The first-order valence-electron chi connectivity index (χ1n) is 38.4. The Hall–Kier alpha value is -5.77. The number of carboxylic acid groups (broad SMARTS) is 1. The molecule has 0 saturated carbocycles. The molecule has 8 amide bonds. The number of carboxylic acids is 1. The Morgan fingerprint density at radius 3 is 1.03 bits per heavy atom. The molecule has 43 nitrogen and oxygen atoms in total. The lowest BCUT2D eigenvalue weighted by atomic mass is 9.97. The minimum absolute atomic E-state index is 0.0260. The average Bonchev–Trinajstić information content (AvgIpc) is 0.807. The summed E-state index contributed by atoms with van der Waals surface area (Å²) in [6.45, 7) is 9.45. The molecular weight excluding hydrogens is 1520 g/mol. The molecule has 0 aromatic heterocycles. The third-order valence-electron chi connectivity index (χ3n) is 17.6.